The Balaban J connectivity index is 1.66. The number of thioether (sulfide) groups is 1. The SMILES string of the molecule is CC1CCN(C(=O)NC2CCSc3ccccc32)CC1O. The second-order valence-corrected chi connectivity index (χ2v) is 7.09. The molecule has 21 heavy (non-hydrogen) atoms. The summed E-state index contributed by atoms with van der Waals surface area (Å²) in [5.74, 6) is 1.31. The number of carbonyl (C=O) groups excluding carboxylic acids is 1. The number of urea groups is 1. The summed E-state index contributed by atoms with van der Waals surface area (Å²) in [5, 5.41) is 13.1. The average Bonchev–Trinajstić information content (AvgIpc) is 2.50. The first-order valence-corrected chi connectivity index (χ1v) is 8.59. The van der Waals surface area contributed by atoms with Crippen LogP contribution in [0.1, 0.15) is 31.4 Å². The number of aliphatic hydroxyl groups is 1. The van der Waals surface area contributed by atoms with E-state index < -0.39 is 6.10 Å². The zero-order chi connectivity index (χ0) is 14.8. The van der Waals surface area contributed by atoms with Gasteiger partial charge in [-0.25, -0.2) is 4.79 Å². The number of amides is 2. The Morgan fingerprint density at radius 1 is 1.38 bits per heavy atom. The van der Waals surface area contributed by atoms with Crippen LogP contribution < -0.4 is 5.32 Å². The average molecular weight is 306 g/mol. The molecule has 0 aliphatic carbocycles. The molecule has 1 aromatic carbocycles. The fourth-order valence-electron chi connectivity index (χ4n) is 2.97. The molecule has 1 fully saturated rings. The van der Waals surface area contributed by atoms with Crippen LogP contribution in [0.25, 0.3) is 0 Å². The first kappa shape index (κ1) is 14.7. The molecule has 0 saturated carbocycles. The molecular formula is C16H22N2O2S. The maximum absolute atomic E-state index is 12.4. The molecule has 0 radical (unpaired) electrons. The quantitative estimate of drug-likeness (QED) is 0.838. The van der Waals surface area contributed by atoms with Gasteiger partial charge in [0.2, 0.25) is 0 Å². The van der Waals surface area contributed by atoms with E-state index in [4.69, 9.17) is 0 Å². The number of piperidine rings is 1. The fourth-order valence-corrected chi connectivity index (χ4v) is 4.09. The first-order chi connectivity index (χ1) is 10.1. The molecule has 2 aliphatic rings. The molecule has 2 amide bonds. The van der Waals surface area contributed by atoms with Crippen molar-refractivity contribution in [1.82, 2.24) is 10.2 Å². The molecule has 3 atom stereocenters. The number of hydrogen-bond donors (Lipinski definition) is 2. The molecule has 0 spiro atoms. The van der Waals surface area contributed by atoms with Crippen LogP contribution in [0.3, 0.4) is 0 Å². The smallest absolute Gasteiger partial charge is 0.317 e. The lowest BCUT2D eigenvalue weighted by Crippen LogP contribution is -2.50. The third-order valence-electron chi connectivity index (χ3n) is 4.46. The van der Waals surface area contributed by atoms with Crippen molar-refractivity contribution in [2.45, 2.75) is 36.8 Å². The topological polar surface area (TPSA) is 52.6 Å². The summed E-state index contributed by atoms with van der Waals surface area (Å²) in [6.07, 6.45) is 1.42. The van der Waals surface area contributed by atoms with Crippen molar-refractivity contribution in [3.05, 3.63) is 29.8 Å². The van der Waals surface area contributed by atoms with Gasteiger partial charge in [0.25, 0.3) is 0 Å². The van der Waals surface area contributed by atoms with Crippen molar-refractivity contribution in [2.24, 2.45) is 5.92 Å². The highest BCUT2D eigenvalue weighted by atomic mass is 32.2. The second-order valence-electron chi connectivity index (χ2n) is 5.96. The number of rotatable bonds is 1. The lowest BCUT2D eigenvalue weighted by Gasteiger charge is -2.36. The molecule has 3 unspecified atom stereocenters. The Bertz CT molecular complexity index is 523. The van der Waals surface area contributed by atoms with Gasteiger partial charge in [0.1, 0.15) is 0 Å². The zero-order valence-corrected chi connectivity index (χ0v) is 13.1. The summed E-state index contributed by atoms with van der Waals surface area (Å²) in [7, 11) is 0. The molecule has 1 saturated heterocycles. The Kier molecular flexibility index (Phi) is 4.40. The Morgan fingerprint density at radius 2 is 2.19 bits per heavy atom. The van der Waals surface area contributed by atoms with Gasteiger partial charge in [0.05, 0.1) is 12.1 Å². The number of nitrogens with zero attached hydrogens (tertiary/aromatic N) is 1. The number of aliphatic hydroxyl groups excluding tert-OH is 1. The third kappa shape index (κ3) is 3.19. The van der Waals surface area contributed by atoms with E-state index in [1.54, 1.807) is 4.90 Å². The number of benzene rings is 1. The van der Waals surface area contributed by atoms with E-state index in [-0.39, 0.29) is 18.0 Å². The summed E-state index contributed by atoms with van der Waals surface area (Å²) in [5.41, 5.74) is 1.22. The van der Waals surface area contributed by atoms with E-state index >= 15 is 0 Å². The Morgan fingerprint density at radius 3 is 3.00 bits per heavy atom. The van der Waals surface area contributed by atoms with Crippen LogP contribution in [-0.2, 0) is 0 Å². The Labute approximate surface area is 129 Å². The molecule has 114 valence electrons. The van der Waals surface area contributed by atoms with Gasteiger partial charge in [-0.15, -0.1) is 11.8 Å². The fraction of sp³-hybridized carbons (Fsp3) is 0.562. The highest BCUT2D eigenvalue weighted by Crippen LogP contribution is 2.35. The van der Waals surface area contributed by atoms with Crippen LogP contribution in [-0.4, -0.2) is 41.0 Å². The number of β-amino-alcohol motifs (C(OH)–C–C–N with tert-alkyl or cyclic N) is 1. The maximum atomic E-state index is 12.4. The number of nitrogens with one attached hydrogen (secondary N) is 1. The molecule has 2 heterocycles. The molecular weight excluding hydrogens is 284 g/mol. The summed E-state index contributed by atoms with van der Waals surface area (Å²) in [6.45, 7) is 3.21. The minimum atomic E-state index is -0.404. The maximum Gasteiger partial charge on any atom is 0.317 e. The number of hydrogen-bond acceptors (Lipinski definition) is 3. The highest BCUT2D eigenvalue weighted by molar-refractivity contribution is 7.99. The van der Waals surface area contributed by atoms with Crippen molar-refractivity contribution in [3.8, 4) is 0 Å². The Hall–Kier alpha value is -1.20. The number of likely N-dealkylation sites (tertiary alicyclic amines) is 1. The van der Waals surface area contributed by atoms with Crippen LogP contribution in [0.5, 0.6) is 0 Å². The van der Waals surface area contributed by atoms with E-state index in [9.17, 15) is 9.90 Å². The lowest BCUT2D eigenvalue weighted by molar-refractivity contribution is 0.0429. The van der Waals surface area contributed by atoms with Crippen LogP contribution in [0.15, 0.2) is 29.2 Å². The van der Waals surface area contributed by atoms with E-state index in [0.29, 0.717) is 6.54 Å². The van der Waals surface area contributed by atoms with Gasteiger partial charge in [-0.05, 0) is 30.4 Å². The van der Waals surface area contributed by atoms with Crippen molar-refractivity contribution >= 4 is 17.8 Å². The number of carbonyl (C=O) groups is 1. The molecule has 2 aliphatic heterocycles. The lowest BCUT2D eigenvalue weighted by atomic mass is 9.96. The van der Waals surface area contributed by atoms with E-state index in [2.05, 4.69) is 17.4 Å². The molecule has 0 bridgehead atoms. The summed E-state index contributed by atoms with van der Waals surface area (Å²) < 4.78 is 0. The van der Waals surface area contributed by atoms with Crippen molar-refractivity contribution in [1.29, 1.82) is 0 Å². The van der Waals surface area contributed by atoms with Crippen molar-refractivity contribution < 1.29 is 9.90 Å². The van der Waals surface area contributed by atoms with Gasteiger partial charge >= 0.3 is 6.03 Å². The molecule has 4 nitrogen and oxygen atoms in total. The predicted octanol–water partition coefficient (Wildman–Crippen LogP) is 2.64. The van der Waals surface area contributed by atoms with Gasteiger partial charge in [-0.1, -0.05) is 25.1 Å². The molecule has 1 aromatic rings. The van der Waals surface area contributed by atoms with Crippen LogP contribution in [0.4, 0.5) is 4.79 Å². The minimum Gasteiger partial charge on any atom is -0.391 e. The largest absolute Gasteiger partial charge is 0.391 e. The molecule has 2 N–H and O–H groups in total. The van der Waals surface area contributed by atoms with E-state index in [0.717, 1.165) is 25.1 Å². The molecule has 0 aromatic heterocycles. The normalized spacial score (nSPS) is 28.9. The monoisotopic (exact) mass is 306 g/mol. The van der Waals surface area contributed by atoms with Gasteiger partial charge in [0.15, 0.2) is 0 Å². The van der Waals surface area contributed by atoms with Crippen molar-refractivity contribution in [2.75, 3.05) is 18.8 Å². The zero-order valence-electron chi connectivity index (χ0n) is 12.3. The van der Waals surface area contributed by atoms with E-state index in [1.165, 1.54) is 10.5 Å². The summed E-state index contributed by atoms with van der Waals surface area (Å²) in [6, 6.07) is 8.32. The summed E-state index contributed by atoms with van der Waals surface area (Å²) in [4.78, 5) is 15.4. The minimum absolute atomic E-state index is 0.0485. The van der Waals surface area contributed by atoms with Gasteiger partial charge < -0.3 is 15.3 Å². The van der Waals surface area contributed by atoms with E-state index in [1.807, 2.05) is 30.8 Å². The van der Waals surface area contributed by atoms with Crippen LogP contribution in [0.2, 0.25) is 0 Å². The van der Waals surface area contributed by atoms with Gasteiger partial charge in [-0.3, -0.25) is 0 Å². The van der Waals surface area contributed by atoms with Gasteiger partial charge in [0, 0.05) is 23.7 Å². The van der Waals surface area contributed by atoms with Crippen LogP contribution >= 0.6 is 11.8 Å². The first-order valence-electron chi connectivity index (χ1n) is 7.60. The van der Waals surface area contributed by atoms with Crippen LogP contribution in [0, 0.1) is 5.92 Å². The highest BCUT2D eigenvalue weighted by Gasteiger charge is 2.29. The number of fused-ring (bicyclic) bond motifs is 1. The third-order valence-corrected chi connectivity index (χ3v) is 5.58. The molecule has 3 rings (SSSR count). The standard InChI is InChI=1S/C16H22N2O2S/c1-11-6-8-18(10-14(11)19)16(20)17-13-7-9-21-15-5-3-2-4-12(13)15/h2-5,11,13-14,19H,6-10H2,1H3,(H,17,20). The second kappa shape index (κ2) is 6.28. The summed E-state index contributed by atoms with van der Waals surface area (Å²) >= 11 is 1.85. The van der Waals surface area contributed by atoms with Gasteiger partial charge in [-0.2, -0.15) is 0 Å². The molecule has 5 heteroatoms. The predicted molar refractivity (Wildman–Crippen MR) is 84.4 cm³/mol. The van der Waals surface area contributed by atoms with Crippen molar-refractivity contribution in [3.63, 3.8) is 0 Å².